The third-order valence-corrected chi connectivity index (χ3v) is 11.6. The molecule has 0 aromatic rings. The van der Waals surface area contributed by atoms with Crippen molar-refractivity contribution in [2.24, 2.45) is 0 Å². The highest BCUT2D eigenvalue weighted by Gasteiger charge is 2.16. The van der Waals surface area contributed by atoms with E-state index in [0.29, 0.717) is 12.8 Å². The molecule has 0 spiro atoms. The van der Waals surface area contributed by atoms with Gasteiger partial charge >= 0.3 is 11.9 Å². The second-order valence-electron chi connectivity index (χ2n) is 17.6. The lowest BCUT2D eigenvalue weighted by Gasteiger charge is -2.15. The summed E-state index contributed by atoms with van der Waals surface area (Å²) in [5.41, 5.74) is 0. The van der Waals surface area contributed by atoms with Crippen molar-refractivity contribution in [3.63, 3.8) is 0 Å². The van der Waals surface area contributed by atoms with Gasteiger partial charge < -0.3 is 14.6 Å². The van der Waals surface area contributed by atoms with Crippen molar-refractivity contribution in [3.8, 4) is 0 Å². The number of allylic oxidation sites excluding steroid dienone is 8. The summed E-state index contributed by atoms with van der Waals surface area (Å²) in [5.74, 6) is -0.583. The zero-order valence-corrected chi connectivity index (χ0v) is 40.0. The van der Waals surface area contributed by atoms with E-state index >= 15 is 0 Å². The van der Waals surface area contributed by atoms with Crippen LogP contribution < -0.4 is 0 Å². The second kappa shape index (κ2) is 51.2. The molecule has 60 heavy (non-hydrogen) atoms. The molecular formula is C55H100O5. The zero-order chi connectivity index (χ0) is 43.5. The Morgan fingerprint density at radius 1 is 0.400 bits per heavy atom. The predicted molar refractivity (Wildman–Crippen MR) is 261 cm³/mol. The number of aliphatic hydroxyl groups is 1. The van der Waals surface area contributed by atoms with Gasteiger partial charge in [0.15, 0.2) is 6.10 Å². The Labute approximate surface area is 373 Å². The number of carbonyl (C=O) groups is 2. The smallest absolute Gasteiger partial charge is 0.306 e. The van der Waals surface area contributed by atoms with Gasteiger partial charge in [-0.3, -0.25) is 9.59 Å². The second-order valence-corrected chi connectivity index (χ2v) is 17.6. The van der Waals surface area contributed by atoms with Crippen LogP contribution in [0.25, 0.3) is 0 Å². The van der Waals surface area contributed by atoms with Gasteiger partial charge in [0.1, 0.15) is 6.61 Å². The minimum atomic E-state index is -0.773. The van der Waals surface area contributed by atoms with Crippen molar-refractivity contribution in [3.05, 3.63) is 48.6 Å². The van der Waals surface area contributed by atoms with E-state index in [0.717, 1.165) is 64.2 Å². The molecule has 0 heterocycles. The normalized spacial score (nSPS) is 12.5. The third-order valence-electron chi connectivity index (χ3n) is 11.6. The maximum atomic E-state index is 12.3. The Hall–Kier alpha value is -2.14. The highest BCUT2D eigenvalue weighted by atomic mass is 16.6. The summed E-state index contributed by atoms with van der Waals surface area (Å²) in [6.45, 7) is 4.06. The summed E-state index contributed by atoms with van der Waals surface area (Å²) in [5, 5.41) is 9.63. The molecule has 0 fully saturated rings. The molecule has 5 heteroatoms. The van der Waals surface area contributed by atoms with Crippen LogP contribution in [0.3, 0.4) is 0 Å². The molecule has 1 unspecified atom stereocenters. The molecule has 0 saturated carbocycles. The lowest BCUT2D eigenvalue weighted by atomic mass is 10.0. The van der Waals surface area contributed by atoms with Crippen LogP contribution in [0, 0.1) is 0 Å². The van der Waals surface area contributed by atoms with Crippen molar-refractivity contribution in [2.75, 3.05) is 13.2 Å². The molecule has 0 rings (SSSR count). The molecule has 0 radical (unpaired) electrons. The Morgan fingerprint density at radius 3 is 1.08 bits per heavy atom. The van der Waals surface area contributed by atoms with E-state index in [-0.39, 0.29) is 25.2 Å². The van der Waals surface area contributed by atoms with Crippen LogP contribution in [0.2, 0.25) is 0 Å². The minimum Gasteiger partial charge on any atom is -0.462 e. The van der Waals surface area contributed by atoms with Crippen molar-refractivity contribution >= 4 is 11.9 Å². The van der Waals surface area contributed by atoms with E-state index < -0.39 is 6.10 Å². The molecular weight excluding hydrogens is 741 g/mol. The number of esters is 2. The predicted octanol–water partition coefficient (Wildman–Crippen LogP) is 17.3. The number of unbranched alkanes of at least 4 members (excludes halogenated alkanes) is 32. The largest absolute Gasteiger partial charge is 0.462 e. The molecule has 0 amide bonds. The van der Waals surface area contributed by atoms with Crippen LogP contribution in [0.5, 0.6) is 0 Å². The van der Waals surface area contributed by atoms with Crippen molar-refractivity contribution in [2.45, 2.75) is 277 Å². The standard InChI is InChI=1S/C55H100O5/c1-3-5-7-9-11-13-15-17-19-21-23-25-27-29-31-33-35-37-39-41-43-45-47-49-54(57)59-52-53(51-56)60-55(58)50-48-46-44-42-40-38-36-34-32-30-28-26-24-22-20-18-16-14-12-10-8-6-4-2/h6,8,12,14,18,20,24,26,53,56H,3-5,7,9-11,13,15-17,19,21-23,25,27-52H2,1-2H3/b8-6-,14-12-,20-18-,26-24-. The first kappa shape index (κ1) is 57.9. The van der Waals surface area contributed by atoms with Crippen LogP contribution in [0.4, 0.5) is 0 Å². The molecule has 350 valence electrons. The third kappa shape index (κ3) is 48.5. The van der Waals surface area contributed by atoms with E-state index in [1.165, 1.54) is 180 Å². The van der Waals surface area contributed by atoms with Gasteiger partial charge in [0, 0.05) is 12.8 Å². The lowest BCUT2D eigenvalue weighted by molar-refractivity contribution is -0.161. The van der Waals surface area contributed by atoms with Gasteiger partial charge in [0.2, 0.25) is 0 Å². The highest BCUT2D eigenvalue weighted by Crippen LogP contribution is 2.17. The van der Waals surface area contributed by atoms with Gasteiger partial charge in [-0.1, -0.05) is 255 Å². The quantitative estimate of drug-likeness (QED) is 0.0375. The van der Waals surface area contributed by atoms with Crippen molar-refractivity contribution in [1.82, 2.24) is 0 Å². The molecule has 0 aromatic carbocycles. The molecule has 0 saturated heterocycles. The average molecular weight is 841 g/mol. The average Bonchev–Trinajstić information content (AvgIpc) is 3.25. The summed E-state index contributed by atoms with van der Waals surface area (Å²) in [7, 11) is 0. The maximum absolute atomic E-state index is 12.3. The number of aliphatic hydroxyl groups excluding tert-OH is 1. The van der Waals surface area contributed by atoms with Gasteiger partial charge in [-0.2, -0.15) is 0 Å². The summed E-state index contributed by atoms with van der Waals surface area (Å²) in [6, 6.07) is 0. The Bertz CT molecular complexity index is 997. The highest BCUT2D eigenvalue weighted by molar-refractivity contribution is 5.70. The first-order valence-electron chi connectivity index (χ1n) is 26.2. The van der Waals surface area contributed by atoms with Gasteiger partial charge in [0.25, 0.3) is 0 Å². The fourth-order valence-electron chi connectivity index (χ4n) is 7.73. The fourth-order valence-corrected chi connectivity index (χ4v) is 7.73. The van der Waals surface area contributed by atoms with Crippen LogP contribution >= 0.6 is 0 Å². The Morgan fingerprint density at radius 2 is 0.717 bits per heavy atom. The number of rotatable bonds is 48. The van der Waals surface area contributed by atoms with Gasteiger partial charge in [0.05, 0.1) is 6.61 Å². The van der Waals surface area contributed by atoms with E-state index in [9.17, 15) is 14.7 Å². The fraction of sp³-hybridized carbons (Fsp3) is 0.818. The topological polar surface area (TPSA) is 72.8 Å². The first-order chi connectivity index (χ1) is 29.6. The minimum absolute atomic E-state index is 0.0646. The maximum Gasteiger partial charge on any atom is 0.306 e. The number of carbonyl (C=O) groups excluding carboxylic acids is 2. The Kier molecular flexibility index (Phi) is 49.4. The van der Waals surface area contributed by atoms with Crippen LogP contribution in [-0.4, -0.2) is 36.4 Å². The summed E-state index contributed by atoms with van der Waals surface area (Å²) in [6.07, 6.45) is 66.4. The molecule has 5 nitrogen and oxygen atoms in total. The van der Waals surface area contributed by atoms with Crippen LogP contribution in [0.15, 0.2) is 48.6 Å². The Balaban J connectivity index is 3.47. The molecule has 0 aromatic heterocycles. The molecule has 0 aliphatic rings. The first-order valence-corrected chi connectivity index (χ1v) is 26.2. The van der Waals surface area contributed by atoms with Crippen LogP contribution in [-0.2, 0) is 19.1 Å². The van der Waals surface area contributed by atoms with E-state index in [1.807, 2.05) is 0 Å². The van der Waals surface area contributed by atoms with Gasteiger partial charge in [-0.15, -0.1) is 0 Å². The summed E-state index contributed by atoms with van der Waals surface area (Å²) in [4.78, 5) is 24.5. The molecule has 1 N–H and O–H groups in total. The summed E-state index contributed by atoms with van der Waals surface area (Å²) < 4.78 is 10.7. The number of hydrogen-bond acceptors (Lipinski definition) is 5. The van der Waals surface area contributed by atoms with Crippen molar-refractivity contribution in [1.29, 1.82) is 0 Å². The molecule has 0 aliphatic heterocycles. The van der Waals surface area contributed by atoms with E-state index in [4.69, 9.17) is 9.47 Å². The van der Waals surface area contributed by atoms with Crippen molar-refractivity contribution < 1.29 is 24.2 Å². The van der Waals surface area contributed by atoms with E-state index in [2.05, 4.69) is 62.5 Å². The van der Waals surface area contributed by atoms with E-state index in [1.54, 1.807) is 0 Å². The molecule has 0 aliphatic carbocycles. The molecule has 1 atom stereocenters. The monoisotopic (exact) mass is 841 g/mol. The SMILES string of the molecule is CC/C=C\C/C=C\C/C=C\C/C=C\CCCCCCCCCCCCC(=O)OC(CO)COC(=O)CCCCCCCCCCCCCCCCCCCCCCCCC. The summed E-state index contributed by atoms with van der Waals surface area (Å²) >= 11 is 0. The van der Waals surface area contributed by atoms with Gasteiger partial charge in [-0.25, -0.2) is 0 Å². The number of hydrogen-bond donors (Lipinski definition) is 1. The zero-order valence-electron chi connectivity index (χ0n) is 40.0. The van der Waals surface area contributed by atoms with Gasteiger partial charge in [-0.05, 0) is 51.4 Å². The number of ether oxygens (including phenoxy) is 2. The van der Waals surface area contributed by atoms with Crippen LogP contribution in [0.1, 0.15) is 271 Å². The lowest BCUT2D eigenvalue weighted by Crippen LogP contribution is -2.28. The molecule has 0 bridgehead atoms.